The van der Waals surface area contributed by atoms with Gasteiger partial charge in [-0.2, -0.15) is 17.0 Å². The highest BCUT2D eigenvalue weighted by Crippen LogP contribution is 2.13. The summed E-state index contributed by atoms with van der Waals surface area (Å²) in [7, 11) is -0.0890. The number of hydrogen-bond acceptors (Lipinski definition) is 2. The first-order valence-corrected chi connectivity index (χ1v) is 6.97. The highest BCUT2D eigenvalue weighted by Gasteiger charge is 2.24. The van der Waals surface area contributed by atoms with Gasteiger partial charge >= 0.3 is 0 Å². The molecule has 0 radical (unpaired) electrons. The molecule has 0 amide bonds. The first-order valence-electron chi connectivity index (χ1n) is 5.57. The third-order valence-electron chi connectivity index (χ3n) is 2.76. The molecule has 4 nitrogen and oxygen atoms in total. The Kier molecular flexibility index (Phi) is 6.40. The van der Waals surface area contributed by atoms with Gasteiger partial charge in [-0.15, -0.1) is 0 Å². The van der Waals surface area contributed by atoms with Gasteiger partial charge in [-0.05, 0) is 5.92 Å². The fraction of sp³-hybridized carbons (Fsp3) is 1.00. The van der Waals surface area contributed by atoms with Crippen molar-refractivity contribution in [2.45, 2.75) is 33.6 Å². The van der Waals surface area contributed by atoms with Gasteiger partial charge in [-0.3, -0.25) is 0 Å². The van der Waals surface area contributed by atoms with Crippen LogP contribution >= 0.6 is 0 Å². The summed E-state index contributed by atoms with van der Waals surface area (Å²) in [6, 6.07) is 0. The first kappa shape index (κ1) is 14.9. The second-order valence-electron chi connectivity index (χ2n) is 3.92. The Morgan fingerprint density at radius 3 is 1.80 bits per heavy atom. The Hall–Kier alpha value is -0.130. The summed E-state index contributed by atoms with van der Waals surface area (Å²) < 4.78 is 26.6. The van der Waals surface area contributed by atoms with Crippen LogP contribution in [0.25, 0.3) is 0 Å². The average molecular weight is 236 g/mol. The van der Waals surface area contributed by atoms with E-state index in [1.807, 2.05) is 6.92 Å². The molecular weight excluding hydrogens is 212 g/mol. The first-order chi connectivity index (χ1) is 6.89. The summed E-state index contributed by atoms with van der Waals surface area (Å²) in [4.78, 5) is 0. The number of hydrogen-bond donors (Lipinski definition) is 0. The summed E-state index contributed by atoms with van der Waals surface area (Å²) in [5, 5.41) is 0. The van der Waals surface area contributed by atoms with Crippen molar-refractivity contribution in [1.82, 2.24) is 8.61 Å². The molecule has 0 bridgehead atoms. The predicted octanol–water partition coefficient (Wildman–Crippen LogP) is 1.55. The van der Waals surface area contributed by atoms with Crippen LogP contribution in [0.2, 0.25) is 0 Å². The zero-order valence-corrected chi connectivity index (χ0v) is 11.3. The minimum Gasteiger partial charge on any atom is -0.195 e. The summed E-state index contributed by atoms with van der Waals surface area (Å²) in [5.41, 5.74) is 0. The van der Waals surface area contributed by atoms with Crippen LogP contribution in [0.4, 0.5) is 0 Å². The van der Waals surface area contributed by atoms with E-state index in [1.165, 1.54) is 4.31 Å². The molecule has 0 aliphatic carbocycles. The smallest absolute Gasteiger partial charge is 0.195 e. The van der Waals surface area contributed by atoms with E-state index in [0.717, 1.165) is 12.8 Å². The van der Waals surface area contributed by atoms with Crippen LogP contribution in [0.5, 0.6) is 0 Å². The van der Waals surface area contributed by atoms with Crippen molar-refractivity contribution in [3.63, 3.8) is 0 Å². The van der Waals surface area contributed by atoms with E-state index in [-0.39, 0.29) is 0 Å². The maximum atomic E-state index is 11.9. The van der Waals surface area contributed by atoms with Gasteiger partial charge in [0.1, 0.15) is 0 Å². The maximum Gasteiger partial charge on any atom is 0.281 e. The van der Waals surface area contributed by atoms with E-state index >= 15 is 0 Å². The van der Waals surface area contributed by atoms with Crippen LogP contribution in [0.3, 0.4) is 0 Å². The van der Waals surface area contributed by atoms with Crippen LogP contribution in [0.1, 0.15) is 33.6 Å². The fourth-order valence-corrected chi connectivity index (χ4v) is 2.64. The second-order valence-corrected chi connectivity index (χ2v) is 6.07. The molecule has 0 aromatic heterocycles. The standard InChI is InChI=1S/C10H24N2O2S/c1-6-10(7-2)9-12(8-3)15(13,14)11(4)5/h10H,6-9H2,1-5H3. The zero-order valence-electron chi connectivity index (χ0n) is 10.5. The molecule has 0 N–H and O–H groups in total. The van der Waals surface area contributed by atoms with Crippen molar-refractivity contribution >= 4 is 10.2 Å². The normalized spacial score (nSPS) is 13.1. The average Bonchev–Trinajstić information content (AvgIpc) is 2.19. The topological polar surface area (TPSA) is 40.6 Å². The summed E-state index contributed by atoms with van der Waals surface area (Å²) in [6.07, 6.45) is 2.05. The number of nitrogens with zero attached hydrogens (tertiary/aromatic N) is 2. The minimum atomic E-state index is -3.24. The molecule has 0 aliphatic heterocycles. The minimum absolute atomic E-state index is 0.458. The van der Waals surface area contributed by atoms with Crippen LogP contribution in [0, 0.1) is 5.92 Å². The van der Waals surface area contributed by atoms with Crippen molar-refractivity contribution in [1.29, 1.82) is 0 Å². The monoisotopic (exact) mass is 236 g/mol. The van der Waals surface area contributed by atoms with Crippen LogP contribution in [-0.2, 0) is 10.2 Å². The molecule has 0 unspecified atom stereocenters. The lowest BCUT2D eigenvalue weighted by Crippen LogP contribution is -2.42. The van der Waals surface area contributed by atoms with Crippen LogP contribution < -0.4 is 0 Å². The highest BCUT2D eigenvalue weighted by molar-refractivity contribution is 7.86. The quantitative estimate of drug-likeness (QED) is 0.673. The van der Waals surface area contributed by atoms with Crippen LogP contribution in [0.15, 0.2) is 0 Å². The summed E-state index contributed by atoms with van der Waals surface area (Å²) in [6.45, 7) is 7.25. The lowest BCUT2D eigenvalue weighted by Gasteiger charge is -2.27. The Balaban J connectivity index is 4.63. The largest absolute Gasteiger partial charge is 0.281 e. The Morgan fingerprint density at radius 1 is 1.07 bits per heavy atom. The molecule has 0 saturated heterocycles. The molecule has 0 atom stereocenters. The van der Waals surface area contributed by atoms with Gasteiger partial charge in [0.25, 0.3) is 10.2 Å². The van der Waals surface area contributed by atoms with Crippen molar-refractivity contribution in [3.05, 3.63) is 0 Å². The molecule has 0 rings (SSSR count). The molecule has 92 valence electrons. The molecule has 5 heteroatoms. The summed E-state index contributed by atoms with van der Waals surface area (Å²) in [5.74, 6) is 0.458. The van der Waals surface area contributed by atoms with Gasteiger partial charge in [-0.1, -0.05) is 33.6 Å². The molecule has 0 aromatic rings. The molecule has 0 spiro atoms. The van der Waals surface area contributed by atoms with E-state index in [9.17, 15) is 8.42 Å². The third-order valence-corrected chi connectivity index (χ3v) is 4.74. The van der Waals surface area contributed by atoms with E-state index < -0.39 is 10.2 Å². The van der Waals surface area contributed by atoms with Crippen molar-refractivity contribution in [3.8, 4) is 0 Å². The SMILES string of the molecule is CCC(CC)CN(CC)S(=O)(=O)N(C)C. The molecule has 0 saturated carbocycles. The van der Waals surface area contributed by atoms with Gasteiger partial charge in [0, 0.05) is 27.2 Å². The van der Waals surface area contributed by atoms with E-state index in [1.54, 1.807) is 18.4 Å². The third kappa shape index (κ3) is 4.09. The highest BCUT2D eigenvalue weighted by atomic mass is 32.2. The lowest BCUT2D eigenvalue weighted by molar-refractivity contribution is 0.321. The van der Waals surface area contributed by atoms with Crippen molar-refractivity contribution in [2.24, 2.45) is 5.92 Å². The molecule has 15 heavy (non-hydrogen) atoms. The van der Waals surface area contributed by atoms with Gasteiger partial charge in [-0.25, -0.2) is 0 Å². The number of rotatable bonds is 7. The lowest BCUT2D eigenvalue weighted by atomic mass is 10.0. The molecule has 0 heterocycles. The Labute approximate surface area is 94.4 Å². The fourth-order valence-electron chi connectivity index (χ4n) is 1.45. The molecular formula is C10H24N2O2S. The van der Waals surface area contributed by atoms with E-state index in [2.05, 4.69) is 13.8 Å². The van der Waals surface area contributed by atoms with Crippen LogP contribution in [-0.4, -0.2) is 44.2 Å². The zero-order chi connectivity index (χ0) is 12.1. The summed E-state index contributed by atoms with van der Waals surface area (Å²) >= 11 is 0. The van der Waals surface area contributed by atoms with Gasteiger partial charge in [0.05, 0.1) is 0 Å². The second kappa shape index (κ2) is 6.45. The van der Waals surface area contributed by atoms with Crippen molar-refractivity contribution < 1.29 is 8.42 Å². The maximum absolute atomic E-state index is 11.9. The Morgan fingerprint density at radius 2 is 1.53 bits per heavy atom. The van der Waals surface area contributed by atoms with Gasteiger partial charge in [0.2, 0.25) is 0 Å². The van der Waals surface area contributed by atoms with E-state index in [0.29, 0.717) is 19.0 Å². The predicted molar refractivity (Wildman–Crippen MR) is 63.9 cm³/mol. The molecule has 0 aromatic carbocycles. The Bertz CT molecular complexity index is 259. The van der Waals surface area contributed by atoms with Gasteiger partial charge < -0.3 is 0 Å². The van der Waals surface area contributed by atoms with Crippen molar-refractivity contribution in [2.75, 3.05) is 27.2 Å². The van der Waals surface area contributed by atoms with E-state index in [4.69, 9.17) is 0 Å². The molecule has 0 fully saturated rings. The van der Waals surface area contributed by atoms with Gasteiger partial charge in [0.15, 0.2) is 0 Å². The molecule has 0 aliphatic rings.